The fourth-order valence-corrected chi connectivity index (χ4v) is 3.29. The van der Waals surface area contributed by atoms with Crippen LogP contribution in [0.1, 0.15) is 11.5 Å². The molecule has 1 amide bonds. The Morgan fingerprint density at radius 2 is 1.82 bits per heavy atom. The maximum absolute atomic E-state index is 13.1. The third-order valence-corrected chi connectivity index (χ3v) is 4.87. The van der Waals surface area contributed by atoms with Gasteiger partial charge < -0.3 is 10.6 Å². The zero-order valence-corrected chi connectivity index (χ0v) is 15.3. The van der Waals surface area contributed by atoms with Gasteiger partial charge in [-0.25, -0.2) is 14.4 Å². The minimum absolute atomic E-state index is 0.000635. The normalized spacial score (nSPS) is 14.0. The molecule has 1 aliphatic rings. The molecule has 0 aliphatic carbocycles. The maximum Gasteiger partial charge on any atom is 0.228 e. The summed E-state index contributed by atoms with van der Waals surface area (Å²) in [6, 6.07) is 11.4. The van der Waals surface area contributed by atoms with E-state index < -0.39 is 0 Å². The Kier molecular flexibility index (Phi) is 4.97. The molecule has 4 rings (SSSR count). The summed E-state index contributed by atoms with van der Waals surface area (Å²) in [5, 5.41) is 0. The highest BCUT2D eigenvalue weighted by atomic mass is 19.1. The first-order valence-electron chi connectivity index (χ1n) is 9.13. The van der Waals surface area contributed by atoms with Crippen LogP contribution in [0.2, 0.25) is 0 Å². The van der Waals surface area contributed by atoms with Crippen LogP contribution in [0.5, 0.6) is 0 Å². The van der Waals surface area contributed by atoms with E-state index in [1.54, 1.807) is 47.6 Å². The largest absolute Gasteiger partial charge is 0.397 e. The molecule has 6 nitrogen and oxygen atoms in total. The molecule has 0 saturated carbocycles. The highest BCUT2D eigenvalue weighted by molar-refractivity contribution is 5.81. The number of nitrogens with two attached hydrogens (primary N) is 1. The molecular weight excluding hydrogens is 357 g/mol. The number of rotatable bonds is 5. The average molecular weight is 377 g/mol. The predicted octanol–water partition coefficient (Wildman–Crippen LogP) is 2.50. The van der Waals surface area contributed by atoms with Crippen molar-refractivity contribution in [3.63, 3.8) is 0 Å². The Morgan fingerprint density at radius 1 is 1.11 bits per heavy atom. The highest BCUT2D eigenvalue weighted by Gasteiger charge is 2.31. The third kappa shape index (κ3) is 3.98. The van der Waals surface area contributed by atoms with E-state index in [1.165, 1.54) is 12.1 Å². The van der Waals surface area contributed by atoms with Crippen LogP contribution in [0.4, 0.5) is 10.1 Å². The first kappa shape index (κ1) is 18.0. The van der Waals surface area contributed by atoms with E-state index in [2.05, 4.69) is 15.0 Å². The van der Waals surface area contributed by atoms with Gasteiger partial charge in [0.25, 0.3) is 0 Å². The number of amides is 1. The quantitative estimate of drug-likeness (QED) is 0.738. The van der Waals surface area contributed by atoms with Crippen molar-refractivity contribution in [1.82, 2.24) is 19.9 Å². The van der Waals surface area contributed by atoms with Gasteiger partial charge in [-0.15, -0.1) is 0 Å². The van der Waals surface area contributed by atoms with Crippen molar-refractivity contribution in [2.24, 2.45) is 5.92 Å². The summed E-state index contributed by atoms with van der Waals surface area (Å²) in [5.41, 5.74) is 8.49. The van der Waals surface area contributed by atoms with Crippen molar-refractivity contribution in [2.45, 2.75) is 12.8 Å². The Balaban J connectivity index is 1.38. The second-order valence-corrected chi connectivity index (χ2v) is 6.95. The van der Waals surface area contributed by atoms with E-state index in [4.69, 9.17) is 5.73 Å². The molecule has 1 fully saturated rings. The van der Waals surface area contributed by atoms with Gasteiger partial charge in [0.2, 0.25) is 5.91 Å². The number of pyridine rings is 1. The van der Waals surface area contributed by atoms with E-state index in [9.17, 15) is 9.18 Å². The molecule has 2 N–H and O–H groups in total. The number of hydrogen-bond donors (Lipinski definition) is 1. The summed E-state index contributed by atoms with van der Waals surface area (Å²) in [6.07, 6.45) is 4.37. The molecule has 0 spiro atoms. The number of aromatic nitrogens is 3. The Bertz CT molecular complexity index is 972. The van der Waals surface area contributed by atoms with Crippen molar-refractivity contribution in [3.8, 4) is 11.3 Å². The van der Waals surface area contributed by atoms with E-state index in [-0.39, 0.29) is 18.1 Å². The first-order valence-corrected chi connectivity index (χ1v) is 9.13. The van der Waals surface area contributed by atoms with Gasteiger partial charge in [0.15, 0.2) is 0 Å². The van der Waals surface area contributed by atoms with Crippen LogP contribution in [0, 0.1) is 11.7 Å². The van der Waals surface area contributed by atoms with Gasteiger partial charge in [-0.2, -0.15) is 0 Å². The van der Waals surface area contributed by atoms with Crippen molar-refractivity contribution >= 4 is 11.6 Å². The number of benzene rings is 1. The van der Waals surface area contributed by atoms with Gasteiger partial charge in [-0.05, 0) is 42.5 Å². The number of carbonyl (C=O) groups excluding carboxylic acids is 1. The molecule has 0 bridgehead atoms. The minimum atomic E-state index is -0.303. The lowest BCUT2D eigenvalue weighted by Gasteiger charge is -2.39. The van der Waals surface area contributed by atoms with Gasteiger partial charge in [0.1, 0.15) is 11.6 Å². The zero-order chi connectivity index (χ0) is 19.5. The summed E-state index contributed by atoms with van der Waals surface area (Å²) < 4.78 is 13.1. The molecule has 0 radical (unpaired) electrons. The van der Waals surface area contributed by atoms with Crippen LogP contribution >= 0.6 is 0 Å². The predicted molar refractivity (Wildman–Crippen MR) is 104 cm³/mol. The SMILES string of the molecule is Nc1ccc(-c2ccc(F)cc2)nc1CC(=O)N1CC(Cc2ncccn2)C1. The lowest BCUT2D eigenvalue weighted by Crippen LogP contribution is -2.51. The fraction of sp³-hybridized carbons (Fsp3) is 0.238. The summed E-state index contributed by atoms with van der Waals surface area (Å²) in [5.74, 6) is 0.878. The van der Waals surface area contributed by atoms with Crippen LogP contribution in [0.25, 0.3) is 11.3 Å². The third-order valence-electron chi connectivity index (χ3n) is 4.87. The second-order valence-electron chi connectivity index (χ2n) is 6.95. The molecule has 1 saturated heterocycles. The number of hydrogen-bond acceptors (Lipinski definition) is 5. The van der Waals surface area contributed by atoms with E-state index >= 15 is 0 Å². The number of carbonyl (C=O) groups is 1. The molecule has 142 valence electrons. The summed E-state index contributed by atoms with van der Waals surface area (Å²) >= 11 is 0. The summed E-state index contributed by atoms with van der Waals surface area (Å²) in [4.78, 5) is 27.4. The molecule has 0 unspecified atom stereocenters. The number of halogens is 1. The number of likely N-dealkylation sites (tertiary alicyclic amines) is 1. The van der Waals surface area contributed by atoms with Crippen LogP contribution in [0.15, 0.2) is 54.9 Å². The molecule has 28 heavy (non-hydrogen) atoms. The molecule has 0 atom stereocenters. The summed E-state index contributed by atoms with van der Waals surface area (Å²) in [7, 11) is 0. The van der Waals surface area contributed by atoms with Crippen LogP contribution in [0.3, 0.4) is 0 Å². The van der Waals surface area contributed by atoms with Crippen LogP contribution in [-0.2, 0) is 17.6 Å². The van der Waals surface area contributed by atoms with Gasteiger partial charge >= 0.3 is 0 Å². The lowest BCUT2D eigenvalue weighted by atomic mass is 9.95. The summed E-state index contributed by atoms with van der Waals surface area (Å²) in [6.45, 7) is 1.38. The number of anilines is 1. The molecule has 1 aliphatic heterocycles. The Hall–Kier alpha value is -3.35. The van der Waals surface area contributed by atoms with Crippen molar-refractivity contribution in [1.29, 1.82) is 0 Å². The topological polar surface area (TPSA) is 85.0 Å². The van der Waals surface area contributed by atoms with E-state index in [0.717, 1.165) is 17.8 Å². The number of nitrogen functional groups attached to an aromatic ring is 1. The van der Waals surface area contributed by atoms with Gasteiger partial charge in [0.05, 0.1) is 23.5 Å². The van der Waals surface area contributed by atoms with Crippen molar-refractivity contribution in [3.05, 3.63) is 72.2 Å². The van der Waals surface area contributed by atoms with Crippen molar-refractivity contribution in [2.75, 3.05) is 18.8 Å². The average Bonchev–Trinajstić information content (AvgIpc) is 2.67. The Labute approximate surface area is 162 Å². The second kappa shape index (κ2) is 7.72. The molecule has 7 heteroatoms. The minimum Gasteiger partial charge on any atom is -0.397 e. The molecule has 3 aromatic rings. The monoisotopic (exact) mass is 377 g/mol. The molecule has 1 aromatic carbocycles. The molecule has 2 aromatic heterocycles. The fourth-order valence-electron chi connectivity index (χ4n) is 3.29. The van der Waals surface area contributed by atoms with E-state index in [0.29, 0.717) is 36.1 Å². The van der Waals surface area contributed by atoms with Gasteiger partial charge in [-0.1, -0.05) is 0 Å². The van der Waals surface area contributed by atoms with Gasteiger partial charge in [-0.3, -0.25) is 9.78 Å². The lowest BCUT2D eigenvalue weighted by molar-refractivity contribution is -0.136. The van der Waals surface area contributed by atoms with Crippen LogP contribution in [-0.4, -0.2) is 38.8 Å². The first-order chi connectivity index (χ1) is 13.6. The van der Waals surface area contributed by atoms with Crippen molar-refractivity contribution < 1.29 is 9.18 Å². The van der Waals surface area contributed by atoms with E-state index in [1.807, 2.05) is 0 Å². The molecule has 3 heterocycles. The smallest absolute Gasteiger partial charge is 0.228 e. The van der Waals surface area contributed by atoms with Crippen LogP contribution < -0.4 is 5.73 Å². The van der Waals surface area contributed by atoms with Gasteiger partial charge in [0, 0.05) is 43.4 Å². The molecular formula is C21H20FN5O. The zero-order valence-electron chi connectivity index (χ0n) is 15.3. The maximum atomic E-state index is 13.1. The highest BCUT2D eigenvalue weighted by Crippen LogP contribution is 2.23. The number of nitrogens with zero attached hydrogens (tertiary/aromatic N) is 4. The standard InChI is InChI=1S/C21H20FN5O/c22-16-4-2-15(3-5-16)18-7-6-17(23)19(26-18)11-21(28)27-12-14(13-27)10-20-24-8-1-9-25-20/h1-9,14H,10-13,23H2. The Morgan fingerprint density at radius 3 is 2.54 bits per heavy atom.